The SMILES string of the molecule is CC(=O)OC1COC(n2c(O)c(N=Nc3ccc([N+](=O)[O-])cc3[N+](=O)[O-])c3ccc([N+](=O)[O-])cc32)C(OC(C)=O)C1OC(C)=O. The minimum absolute atomic E-state index is 0.00253. The number of rotatable bonds is 9. The van der Waals surface area contributed by atoms with E-state index in [0.717, 1.165) is 49.6 Å². The van der Waals surface area contributed by atoms with Crippen molar-refractivity contribution in [3.63, 3.8) is 0 Å². The Morgan fingerprint density at radius 2 is 1.42 bits per heavy atom. The van der Waals surface area contributed by atoms with E-state index in [2.05, 4.69) is 10.2 Å². The molecular formula is C25H22N6O14. The Morgan fingerprint density at radius 1 is 0.844 bits per heavy atom. The fourth-order valence-electron chi connectivity index (χ4n) is 4.64. The highest BCUT2D eigenvalue weighted by Crippen LogP contribution is 2.46. The first kappa shape index (κ1) is 31.9. The van der Waals surface area contributed by atoms with Crippen LogP contribution in [-0.2, 0) is 33.3 Å². The lowest BCUT2D eigenvalue weighted by atomic mass is 10.0. The molecule has 1 N–H and O–H groups in total. The molecule has 1 aliphatic heterocycles. The van der Waals surface area contributed by atoms with Gasteiger partial charge in [0.05, 0.1) is 33.0 Å². The van der Waals surface area contributed by atoms with Gasteiger partial charge in [-0.05, 0) is 12.1 Å². The van der Waals surface area contributed by atoms with Crippen LogP contribution in [0.5, 0.6) is 5.88 Å². The van der Waals surface area contributed by atoms with Gasteiger partial charge in [0.25, 0.3) is 11.4 Å². The summed E-state index contributed by atoms with van der Waals surface area (Å²) in [7, 11) is 0. The van der Waals surface area contributed by atoms with Crippen molar-refractivity contribution in [2.75, 3.05) is 6.61 Å². The lowest BCUT2D eigenvalue weighted by Gasteiger charge is -2.41. The number of nitrogens with zero attached hydrogens (tertiary/aromatic N) is 6. The van der Waals surface area contributed by atoms with Crippen LogP contribution >= 0.6 is 0 Å². The Kier molecular flexibility index (Phi) is 8.97. The van der Waals surface area contributed by atoms with E-state index < -0.39 is 92.5 Å². The van der Waals surface area contributed by atoms with Gasteiger partial charge in [0.2, 0.25) is 5.88 Å². The number of nitro benzene ring substituents is 3. The van der Waals surface area contributed by atoms with Crippen molar-refractivity contribution in [3.8, 4) is 5.88 Å². The van der Waals surface area contributed by atoms with Gasteiger partial charge in [0, 0.05) is 44.4 Å². The van der Waals surface area contributed by atoms with E-state index in [1.165, 1.54) is 6.07 Å². The van der Waals surface area contributed by atoms with E-state index in [9.17, 15) is 49.8 Å². The Labute approximate surface area is 250 Å². The molecule has 0 radical (unpaired) electrons. The monoisotopic (exact) mass is 630 g/mol. The van der Waals surface area contributed by atoms with Gasteiger partial charge in [-0.15, -0.1) is 10.2 Å². The zero-order chi connectivity index (χ0) is 33.2. The normalized spacial score (nSPS) is 19.6. The second-order valence-electron chi connectivity index (χ2n) is 9.41. The number of nitro groups is 3. The summed E-state index contributed by atoms with van der Waals surface area (Å²) in [5, 5.41) is 53.4. The zero-order valence-corrected chi connectivity index (χ0v) is 23.4. The molecule has 45 heavy (non-hydrogen) atoms. The number of azo groups is 1. The van der Waals surface area contributed by atoms with Crippen LogP contribution in [0.3, 0.4) is 0 Å². The maximum absolute atomic E-state index is 12.1. The summed E-state index contributed by atoms with van der Waals surface area (Å²) in [6.07, 6.45) is -5.93. The molecule has 236 valence electrons. The summed E-state index contributed by atoms with van der Waals surface area (Å²) in [6, 6.07) is 5.85. The number of aromatic hydroxyl groups is 1. The molecule has 1 aliphatic rings. The summed E-state index contributed by atoms with van der Waals surface area (Å²) < 4.78 is 22.7. The number of hydrogen-bond donors (Lipinski definition) is 1. The lowest BCUT2D eigenvalue weighted by Crippen LogP contribution is -2.55. The van der Waals surface area contributed by atoms with Crippen molar-refractivity contribution >= 4 is 57.2 Å². The third kappa shape index (κ3) is 6.64. The van der Waals surface area contributed by atoms with Gasteiger partial charge in [-0.25, -0.2) is 0 Å². The fourth-order valence-corrected chi connectivity index (χ4v) is 4.64. The minimum Gasteiger partial charge on any atom is -0.493 e. The van der Waals surface area contributed by atoms with Gasteiger partial charge >= 0.3 is 23.6 Å². The Hall–Kier alpha value is -6.05. The Bertz CT molecular complexity index is 1770. The van der Waals surface area contributed by atoms with Crippen LogP contribution < -0.4 is 0 Å². The van der Waals surface area contributed by atoms with Crippen LogP contribution in [0.25, 0.3) is 10.9 Å². The van der Waals surface area contributed by atoms with Crippen molar-refractivity contribution in [2.24, 2.45) is 10.2 Å². The molecule has 0 aliphatic carbocycles. The first-order valence-corrected chi connectivity index (χ1v) is 12.7. The molecule has 1 saturated heterocycles. The second-order valence-corrected chi connectivity index (χ2v) is 9.41. The highest BCUT2D eigenvalue weighted by molar-refractivity contribution is 5.96. The van der Waals surface area contributed by atoms with Gasteiger partial charge in [0.15, 0.2) is 35.9 Å². The van der Waals surface area contributed by atoms with Gasteiger partial charge in [-0.2, -0.15) is 0 Å². The molecule has 1 aromatic heterocycles. The number of non-ortho nitro benzene ring substituents is 2. The predicted molar refractivity (Wildman–Crippen MR) is 146 cm³/mol. The van der Waals surface area contributed by atoms with E-state index >= 15 is 0 Å². The largest absolute Gasteiger partial charge is 0.493 e. The van der Waals surface area contributed by atoms with Crippen LogP contribution in [0.2, 0.25) is 0 Å². The van der Waals surface area contributed by atoms with Gasteiger partial charge < -0.3 is 24.1 Å². The van der Waals surface area contributed by atoms with E-state index in [1.807, 2.05) is 0 Å². The molecule has 2 aromatic carbocycles. The van der Waals surface area contributed by atoms with E-state index in [4.69, 9.17) is 18.9 Å². The molecule has 20 nitrogen and oxygen atoms in total. The third-order valence-corrected chi connectivity index (χ3v) is 6.35. The third-order valence-electron chi connectivity index (χ3n) is 6.35. The van der Waals surface area contributed by atoms with Crippen molar-refractivity contribution in [3.05, 3.63) is 66.7 Å². The van der Waals surface area contributed by atoms with Crippen LogP contribution in [0.4, 0.5) is 28.4 Å². The maximum Gasteiger partial charge on any atom is 0.303 e. The molecule has 20 heteroatoms. The molecule has 0 amide bonds. The first-order chi connectivity index (χ1) is 21.2. The van der Waals surface area contributed by atoms with Crippen molar-refractivity contribution in [2.45, 2.75) is 45.3 Å². The number of hydrogen-bond acceptors (Lipinski definition) is 16. The number of ether oxygens (including phenoxy) is 4. The van der Waals surface area contributed by atoms with E-state index in [-0.39, 0.29) is 16.6 Å². The quantitative estimate of drug-likeness (QED) is 0.116. The van der Waals surface area contributed by atoms with Gasteiger partial charge in [0.1, 0.15) is 0 Å². The molecule has 0 bridgehead atoms. The fraction of sp³-hybridized carbons (Fsp3) is 0.320. The number of carbonyl (C=O) groups excluding carboxylic acids is 3. The molecule has 4 rings (SSSR count). The smallest absolute Gasteiger partial charge is 0.303 e. The van der Waals surface area contributed by atoms with Crippen LogP contribution in [0.1, 0.15) is 27.0 Å². The molecule has 4 atom stereocenters. The predicted octanol–water partition coefficient (Wildman–Crippen LogP) is 3.81. The first-order valence-electron chi connectivity index (χ1n) is 12.7. The number of aromatic nitrogens is 1. The van der Waals surface area contributed by atoms with E-state index in [1.54, 1.807) is 0 Å². The van der Waals surface area contributed by atoms with Gasteiger partial charge in [-0.3, -0.25) is 49.3 Å². The second kappa shape index (κ2) is 12.7. The highest BCUT2D eigenvalue weighted by atomic mass is 16.7. The Morgan fingerprint density at radius 3 is 2.00 bits per heavy atom. The highest BCUT2D eigenvalue weighted by Gasteiger charge is 2.49. The molecule has 4 unspecified atom stereocenters. The van der Waals surface area contributed by atoms with E-state index in [0.29, 0.717) is 6.07 Å². The molecule has 2 heterocycles. The minimum atomic E-state index is -1.61. The molecule has 1 fully saturated rings. The maximum atomic E-state index is 12.1. The van der Waals surface area contributed by atoms with Crippen molar-refractivity contribution in [1.82, 2.24) is 4.57 Å². The number of benzene rings is 2. The molecule has 0 saturated carbocycles. The summed E-state index contributed by atoms with van der Waals surface area (Å²) in [4.78, 5) is 67.6. The summed E-state index contributed by atoms with van der Waals surface area (Å²) in [5.74, 6) is -3.32. The summed E-state index contributed by atoms with van der Waals surface area (Å²) >= 11 is 0. The average Bonchev–Trinajstić information content (AvgIpc) is 3.22. The molecule has 0 spiro atoms. The topological polar surface area (TPSA) is 267 Å². The molecule has 3 aromatic rings. The standard InChI is InChI=1S/C25H22N6O14/c1-11(32)43-20-10-42-25(23(45-13(3)34)22(20)44-12(2)33)28-18-8-14(29(36)37)4-6-16(18)21(24(28)35)27-26-17-7-5-15(30(38)39)9-19(17)31(40)41/h4-9,20,22-23,25,35H,10H2,1-3H3. The number of fused-ring (bicyclic) bond motifs is 1. The summed E-state index contributed by atoms with van der Waals surface area (Å²) in [6.45, 7) is 2.68. The average molecular weight is 630 g/mol. The van der Waals surface area contributed by atoms with Crippen LogP contribution in [0, 0.1) is 30.3 Å². The van der Waals surface area contributed by atoms with Crippen LogP contribution in [-0.4, -0.2) is 67.3 Å². The molecular weight excluding hydrogens is 608 g/mol. The van der Waals surface area contributed by atoms with Gasteiger partial charge in [-0.1, -0.05) is 0 Å². The number of carbonyl (C=O) groups is 3. The lowest BCUT2D eigenvalue weighted by molar-refractivity contribution is -0.393. The van der Waals surface area contributed by atoms with Crippen LogP contribution in [0.15, 0.2) is 46.6 Å². The summed E-state index contributed by atoms with van der Waals surface area (Å²) in [5.41, 5.74) is -2.76. The van der Waals surface area contributed by atoms with Crippen molar-refractivity contribution < 1.29 is 53.2 Å². The Balaban J connectivity index is 1.92. The zero-order valence-electron chi connectivity index (χ0n) is 23.4. The van der Waals surface area contributed by atoms with Crippen molar-refractivity contribution in [1.29, 1.82) is 0 Å². The number of esters is 3.